The molecule has 0 bridgehead atoms. The van der Waals surface area contributed by atoms with E-state index in [2.05, 4.69) is 10.3 Å². The highest BCUT2D eigenvalue weighted by Gasteiger charge is 2.12. The molecular weight excluding hydrogens is 280 g/mol. The minimum Gasteiger partial charge on any atom is -0.478 e. The van der Waals surface area contributed by atoms with E-state index in [9.17, 15) is 9.59 Å². The Bertz CT molecular complexity index is 641. The van der Waals surface area contributed by atoms with Gasteiger partial charge in [0.05, 0.1) is 23.9 Å². The number of anilines is 1. The van der Waals surface area contributed by atoms with Crippen LogP contribution in [0.4, 0.5) is 5.69 Å². The molecule has 0 radical (unpaired) electrons. The van der Waals surface area contributed by atoms with Crippen LogP contribution in [-0.4, -0.2) is 22.0 Å². The summed E-state index contributed by atoms with van der Waals surface area (Å²) in [6.45, 7) is 0. The molecule has 1 aromatic carbocycles. The number of carboxylic acids is 1. The van der Waals surface area contributed by atoms with Crippen LogP contribution in [0.5, 0.6) is 0 Å². The maximum Gasteiger partial charge on any atom is 0.335 e. The molecule has 0 aliphatic carbocycles. The zero-order valence-electron chi connectivity index (χ0n) is 10.3. The van der Waals surface area contributed by atoms with E-state index in [1.807, 2.05) is 0 Å². The average Bonchev–Trinajstić information content (AvgIpc) is 2.41. The Morgan fingerprint density at radius 2 is 1.95 bits per heavy atom. The topological polar surface area (TPSA) is 79.3 Å². The molecule has 1 heterocycles. The number of hydrogen-bond donors (Lipinski definition) is 2. The zero-order valence-corrected chi connectivity index (χ0v) is 11.1. The third-order valence-electron chi connectivity index (χ3n) is 2.61. The number of hydrogen-bond acceptors (Lipinski definition) is 3. The van der Waals surface area contributed by atoms with Gasteiger partial charge in [0.15, 0.2) is 0 Å². The highest BCUT2D eigenvalue weighted by Crippen LogP contribution is 2.13. The number of carbonyl (C=O) groups is 2. The van der Waals surface area contributed by atoms with Crippen LogP contribution in [0.3, 0.4) is 0 Å². The number of aromatic carboxylic acids is 1. The van der Waals surface area contributed by atoms with E-state index in [1.165, 1.54) is 12.3 Å². The molecule has 1 amide bonds. The second kappa shape index (κ2) is 6.16. The number of pyridine rings is 1. The van der Waals surface area contributed by atoms with Crippen LogP contribution in [0.2, 0.25) is 5.15 Å². The Labute approximate surface area is 120 Å². The van der Waals surface area contributed by atoms with Gasteiger partial charge in [-0.15, -0.1) is 0 Å². The monoisotopic (exact) mass is 290 g/mol. The van der Waals surface area contributed by atoms with Gasteiger partial charge in [0.2, 0.25) is 5.91 Å². The summed E-state index contributed by atoms with van der Waals surface area (Å²) in [4.78, 5) is 26.8. The van der Waals surface area contributed by atoms with Crippen LogP contribution >= 0.6 is 11.6 Å². The van der Waals surface area contributed by atoms with Crippen molar-refractivity contribution in [3.05, 3.63) is 58.9 Å². The number of carbonyl (C=O) groups excluding carboxylic acids is 1. The van der Waals surface area contributed by atoms with Crippen LogP contribution in [0.25, 0.3) is 0 Å². The number of rotatable bonds is 4. The fourth-order valence-electron chi connectivity index (χ4n) is 1.71. The maximum atomic E-state index is 11.9. The number of nitrogens with one attached hydrogen (secondary N) is 1. The predicted molar refractivity (Wildman–Crippen MR) is 75.0 cm³/mol. The summed E-state index contributed by atoms with van der Waals surface area (Å²) in [5, 5.41) is 12.0. The third-order valence-corrected chi connectivity index (χ3v) is 2.83. The molecule has 20 heavy (non-hydrogen) atoms. The van der Waals surface area contributed by atoms with Gasteiger partial charge >= 0.3 is 5.97 Å². The summed E-state index contributed by atoms with van der Waals surface area (Å²) in [5.74, 6) is -1.37. The molecule has 6 heteroatoms. The van der Waals surface area contributed by atoms with Crippen LogP contribution in [0.15, 0.2) is 42.6 Å². The molecule has 102 valence electrons. The van der Waals surface area contributed by atoms with Crippen molar-refractivity contribution in [1.82, 2.24) is 4.98 Å². The number of benzene rings is 1. The van der Waals surface area contributed by atoms with Crippen LogP contribution in [0, 0.1) is 0 Å². The van der Waals surface area contributed by atoms with Crippen molar-refractivity contribution in [3.8, 4) is 0 Å². The van der Waals surface area contributed by atoms with Gasteiger partial charge in [-0.1, -0.05) is 29.8 Å². The summed E-state index contributed by atoms with van der Waals surface area (Å²) in [7, 11) is 0. The van der Waals surface area contributed by atoms with Gasteiger partial charge in [-0.25, -0.2) is 9.78 Å². The van der Waals surface area contributed by atoms with Crippen LogP contribution in [0.1, 0.15) is 15.9 Å². The lowest BCUT2D eigenvalue weighted by Crippen LogP contribution is -2.16. The van der Waals surface area contributed by atoms with Crippen LogP contribution in [-0.2, 0) is 11.2 Å². The maximum absolute atomic E-state index is 11.9. The number of halogens is 1. The molecule has 2 aromatic rings. The van der Waals surface area contributed by atoms with Crippen molar-refractivity contribution in [2.45, 2.75) is 6.42 Å². The first-order valence-electron chi connectivity index (χ1n) is 5.79. The molecule has 0 fully saturated rings. The lowest BCUT2D eigenvalue weighted by atomic mass is 10.0. The molecule has 0 atom stereocenters. The second-order valence-corrected chi connectivity index (χ2v) is 4.44. The van der Waals surface area contributed by atoms with Crippen molar-refractivity contribution < 1.29 is 14.7 Å². The van der Waals surface area contributed by atoms with Gasteiger partial charge in [0.1, 0.15) is 5.15 Å². The third kappa shape index (κ3) is 3.55. The van der Waals surface area contributed by atoms with Gasteiger partial charge < -0.3 is 10.4 Å². The first-order valence-corrected chi connectivity index (χ1v) is 6.16. The Morgan fingerprint density at radius 3 is 2.60 bits per heavy atom. The summed E-state index contributed by atoms with van der Waals surface area (Å²) < 4.78 is 0. The lowest BCUT2D eigenvalue weighted by Gasteiger charge is -2.07. The first-order chi connectivity index (χ1) is 9.56. The smallest absolute Gasteiger partial charge is 0.335 e. The molecule has 2 N–H and O–H groups in total. The Balaban J connectivity index is 2.08. The zero-order chi connectivity index (χ0) is 14.5. The second-order valence-electron chi connectivity index (χ2n) is 4.06. The molecule has 2 rings (SSSR count). The molecule has 0 aliphatic rings. The summed E-state index contributed by atoms with van der Waals surface area (Å²) in [5.41, 5.74) is 1.09. The van der Waals surface area contributed by atoms with E-state index in [4.69, 9.17) is 16.7 Å². The predicted octanol–water partition coefficient (Wildman–Crippen LogP) is 2.61. The molecule has 0 saturated carbocycles. The largest absolute Gasteiger partial charge is 0.478 e. The van der Waals surface area contributed by atoms with Crippen molar-refractivity contribution in [2.75, 3.05) is 5.32 Å². The van der Waals surface area contributed by atoms with Gasteiger partial charge in [-0.3, -0.25) is 4.79 Å². The van der Waals surface area contributed by atoms with Crippen molar-refractivity contribution in [3.63, 3.8) is 0 Å². The molecular formula is C14H11ClN2O3. The van der Waals surface area contributed by atoms with E-state index in [-0.39, 0.29) is 17.9 Å². The van der Waals surface area contributed by atoms with Crippen molar-refractivity contribution in [2.24, 2.45) is 0 Å². The Kier molecular flexibility index (Phi) is 4.32. The number of aromatic nitrogens is 1. The van der Waals surface area contributed by atoms with E-state index in [0.29, 0.717) is 16.4 Å². The van der Waals surface area contributed by atoms with Gasteiger partial charge in [0.25, 0.3) is 0 Å². The van der Waals surface area contributed by atoms with E-state index in [0.717, 1.165) is 0 Å². The fourth-order valence-corrected chi connectivity index (χ4v) is 1.82. The first kappa shape index (κ1) is 14.0. The van der Waals surface area contributed by atoms with Crippen molar-refractivity contribution >= 4 is 29.2 Å². The molecule has 1 aromatic heterocycles. The fraction of sp³-hybridized carbons (Fsp3) is 0.0714. The van der Waals surface area contributed by atoms with E-state index in [1.54, 1.807) is 30.3 Å². The normalized spacial score (nSPS) is 10.1. The molecule has 5 nitrogen and oxygen atoms in total. The Hall–Kier alpha value is -2.40. The van der Waals surface area contributed by atoms with Gasteiger partial charge in [-0.05, 0) is 23.8 Å². The molecule has 0 aliphatic heterocycles. The standard InChI is InChI=1S/C14H11ClN2O3/c15-12-6-5-10(8-16-12)17-13(18)7-9-3-1-2-4-11(9)14(19)20/h1-6,8H,7H2,(H,17,18)(H,19,20). The quantitative estimate of drug-likeness (QED) is 0.848. The highest BCUT2D eigenvalue weighted by atomic mass is 35.5. The van der Waals surface area contributed by atoms with E-state index >= 15 is 0 Å². The average molecular weight is 291 g/mol. The molecule has 0 spiro atoms. The highest BCUT2D eigenvalue weighted by molar-refractivity contribution is 6.29. The number of carboxylic acid groups (broad SMARTS) is 1. The number of nitrogens with zero attached hydrogens (tertiary/aromatic N) is 1. The summed E-state index contributed by atoms with van der Waals surface area (Å²) >= 11 is 5.64. The molecule has 0 saturated heterocycles. The SMILES string of the molecule is O=C(Cc1ccccc1C(=O)O)Nc1ccc(Cl)nc1. The summed E-state index contributed by atoms with van der Waals surface area (Å²) in [6.07, 6.45) is 1.41. The molecule has 0 unspecified atom stereocenters. The minimum atomic E-state index is -1.05. The number of amides is 1. The summed E-state index contributed by atoms with van der Waals surface area (Å²) in [6, 6.07) is 9.57. The van der Waals surface area contributed by atoms with Crippen molar-refractivity contribution in [1.29, 1.82) is 0 Å². The van der Waals surface area contributed by atoms with Crippen LogP contribution < -0.4 is 5.32 Å². The van der Waals surface area contributed by atoms with E-state index < -0.39 is 5.97 Å². The van der Waals surface area contributed by atoms with Gasteiger partial charge in [0, 0.05) is 0 Å². The lowest BCUT2D eigenvalue weighted by molar-refractivity contribution is -0.115. The minimum absolute atomic E-state index is 0.0227. The van der Waals surface area contributed by atoms with Gasteiger partial charge in [-0.2, -0.15) is 0 Å². The Morgan fingerprint density at radius 1 is 1.20 bits per heavy atom.